The number of rotatable bonds is 2. The van der Waals surface area contributed by atoms with Crippen LogP contribution in [0.4, 0.5) is 11.5 Å². The van der Waals surface area contributed by atoms with Crippen molar-refractivity contribution >= 4 is 34.0 Å². The smallest absolute Gasteiger partial charge is 0.131 e. The Morgan fingerprint density at radius 2 is 1.64 bits per heavy atom. The number of nitrogens with one attached hydrogen (secondary N) is 1. The molecule has 0 unspecified atom stereocenters. The third-order valence-electron chi connectivity index (χ3n) is 3.90. The average Bonchev–Trinajstić information content (AvgIpc) is 2.44. The number of pyridine rings is 1. The maximum Gasteiger partial charge on any atom is 0.131 e. The lowest BCUT2D eigenvalue weighted by Crippen LogP contribution is -1.97. The van der Waals surface area contributed by atoms with Crippen LogP contribution in [0.25, 0.3) is 10.9 Å². The minimum Gasteiger partial charge on any atom is -0.340 e. The van der Waals surface area contributed by atoms with Crippen LogP contribution >= 0.6 is 11.6 Å². The first-order valence-corrected chi connectivity index (χ1v) is 7.73. The minimum absolute atomic E-state index is 0.759. The summed E-state index contributed by atoms with van der Waals surface area (Å²) in [5.74, 6) is 0.844. The predicted molar refractivity (Wildman–Crippen MR) is 95.4 cm³/mol. The molecule has 112 valence electrons. The fraction of sp³-hybridized carbons (Fsp3) is 0.211. The monoisotopic (exact) mass is 310 g/mol. The zero-order valence-corrected chi connectivity index (χ0v) is 14.0. The molecule has 2 nitrogen and oxygen atoms in total. The van der Waals surface area contributed by atoms with E-state index in [0.29, 0.717) is 0 Å². The summed E-state index contributed by atoms with van der Waals surface area (Å²) in [6, 6.07) is 12.4. The number of hydrogen-bond donors (Lipinski definition) is 1. The summed E-state index contributed by atoms with van der Waals surface area (Å²) < 4.78 is 0. The third-order valence-corrected chi connectivity index (χ3v) is 4.31. The molecule has 22 heavy (non-hydrogen) atoms. The van der Waals surface area contributed by atoms with Crippen molar-refractivity contribution in [2.75, 3.05) is 5.32 Å². The van der Waals surface area contributed by atoms with Gasteiger partial charge in [0.1, 0.15) is 5.82 Å². The highest BCUT2D eigenvalue weighted by Gasteiger charge is 2.07. The Morgan fingerprint density at radius 1 is 0.864 bits per heavy atom. The first kappa shape index (κ1) is 14.9. The maximum atomic E-state index is 6.19. The van der Waals surface area contributed by atoms with Crippen molar-refractivity contribution in [3.8, 4) is 0 Å². The number of benzene rings is 2. The van der Waals surface area contributed by atoms with Crippen LogP contribution in [-0.2, 0) is 0 Å². The highest BCUT2D eigenvalue weighted by atomic mass is 35.5. The Labute approximate surface area is 136 Å². The molecule has 0 aliphatic carbocycles. The maximum absolute atomic E-state index is 6.19. The van der Waals surface area contributed by atoms with Crippen LogP contribution in [-0.4, -0.2) is 4.98 Å². The molecule has 1 N–H and O–H groups in total. The van der Waals surface area contributed by atoms with Crippen molar-refractivity contribution in [2.45, 2.75) is 27.7 Å². The summed E-state index contributed by atoms with van der Waals surface area (Å²) in [5.41, 5.74) is 6.75. The van der Waals surface area contributed by atoms with Gasteiger partial charge in [-0.3, -0.25) is 0 Å². The zero-order valence-electron chi connectivity index (χ0n) is 13.3. The molecule has 3 aromatic rings. The van der Waals surface area contributed by atoms with E-state index in [1.165, 1.54) is 22.1 Å². The first-order valence-electron chi connectivity index (χ1n) is 7.36. The molecule has 0 fully saturated rings. The van der Waals surface area contributed by atoms with E-state index in [0.717, 1.165) is 27.6 Å². The van der Waals surface area contributed by atoms with Gasteiger partial charge in [0, 0.05) is 16.1 Å². The Bertz CT molecular complexity index is 869. The van der Waals surface area contributed by atoms with Crippen LogP contribution in [0.5, 0.6) is 0 Å². The number of hydrogen-bond acceptors (Lipinski definition) is 2. The van der Waals surface area contributed by atoms with Gasteiger partial charge in [0.15, 0.2) is 0 Å². The Kier molecular flexibility index (Phi) is 3.79. The summed E-state index contributed by atoms with van der Waals surface area (Å²) in [7, 11) is 0. The van der Waals surface area contributed by atoms with Crippen LogP contribution < -0.4 is 5.32 Å². The van der Waals surface area contributed by atoms with Gasteiger partial charge >= 0.3 is 0 Å². The van der Waals surface area contributed by atoms with Crippen LogP contribution in [0.15, 0.2) is 36.4 Å². The Morgan fingerprint density at radius 3 is 2.36 bits per heavy atom. The summed E-state index contributed by atoms with van der Waals surface area (Å²) in [6.07, 6.45) is 0. The van der Waals surface area contributed by atoms with E-state index in [1.807, 2.05) is 25.1 Å². The summed E-state index contributed by atoms with van der Waals surface area (Å²) in [5, 5.41) is 5.32. The van der Waals surface area contributed by atoms with Gasteiger partial charge in [-0.2, -0.15) is 0 Å². The molecule has 2 aromatic carbocycles. The SMILES string of the molecule is Cc1cc(C)c2nc(Nc3ccc(C)c(Cl)c3)cc(C)c2c1. The predicted octanol–water partition coefficient (Wildman–Crippen LogP) is 5.87. The van der Waals surface area contributed by atoms with Crippen molar-refractivity contribution < 1.29 is 0 Å². The molecular formula is C19H19ClN2. The van der Waals surface area contributed by atoms with Gasteiger partial charge in [0.2, 0.25) is 0 Å². The molecule has 0 aliphatic heterocycles. The van der Waals surface area contributed by atoms with E-state index in [1.54, 1.807) is 0 Å². The van der Waals surface area contributed by atoms with Crippen LogP contribution in [0.2, 0.25) is 5.02 Å². The zero-order chi connectivity index (χ0) is 15.9. The largest absolute Gasteiger partial charge is 0.340 e. The highest BCUT2D eigenvalue weighted by molar-refractivity contribution is 6.31. The number of aromatic nitrogens is 1. The summed E-state index contributed by atoms with van der Waals surface area (Å²) in [6.45, 7) is 8.34. The van der Waals surface area contributed by atoms with E-state index in [4.69, 9.17) is 16.6 Å². The quantitative estimate of drug-likeness (QED) is 0.640. The minimum atomic E-state index is 0.759. The van der Waals surface area contributed by atoms with E-state index >= 15 is 0 Å². The lowest BCUT2D eigenvalue weighted by Gasteiger charge is -2.12. The van der Waals surface area contributed by atoms with E-state index < -0.39 is 0 Å². The molecule has 0 amide bonds. The van der Waals surface area contributed by atoms with Gasteiger partial charge in [0.05, 0.1) is 5.52 Å². The van der Waals surface area contributed by atoms with Gasteiger partial charge in [-0.05, 0) is 68.7 Å². The molecule has 0 atom stereocenters. The number of fused-ring (bicyclic) bond motifs is 1. The second-order valence-electron chi connectivity index (χ2n) is 5.89. The molecule has 0 radical (unpaired) electrons. The molecule has 0 saturated carbocycles. The average molecular weight is 311 g/mol. The van der Waals surface area contributed by atoms with Crippen LogP contribution in [0, 0.1) is 27.7 Å². The summed E-state index contributed by atoms with van der Waals surface area (Å²) in [4.78, 5) is 4.77. The lowest BCUT2D eigenvalue weighted by molar-refractivity contribution is 1.30. The van der Waals surface area contributed by atoms with E-state index in [9.17, 15) is 0 Å². The van der Waals surface area contributed by atoms with Gasteiger partial charge in [-0.25, -0.2) is 4.98 Å². The van der Waals surface area contributed by atoms with Gasteiger partial charge in [0.25, 0.3) is 0 Å². The molecule has 0 bridgehead atoms. The van der Waals surface area contributed by atoms with E-state index in [2.05, 4.69) is 44.3 Å². The topological polar surface area (TPSA) is 24.9 Å². The third kappa shape index (κ3) is 2.79. The number of nitrogens with zero attached hydrogens (tertiary/aromatic N) is 1. The van der Waals surface area contributed by atoms with Gasteiger partial charge < -0.3 is 5.32 Å². The molecule has 0 spiro atoms. The molecule has 0 saturated heterocycles. The molecule has 1 aromatic heterocycles. The number of anilines is 2. The number of halogens is 1. The standard InChI is InChI=1S/C19H19ClN2/c1-11-7-14(4)19-16(8-11)13(3)9-18(22-19)21-15-6-5-12(2)17(20)10-15/h5-10H,1-4H3,(H,21,22). The van der Waals surface area contributed by atoms with Crippen molar-refractivity contribution in [1.29, 1.82) is 0 Å². The second-order valence-corrected chi connectivity index (χ2v) is 6.30. The fourth-order valence-corrected chi connectivity index (χ4v) is 2.91. The van der Waals surface area contributed by atoms with Crippen LogP contribution in [0.3, 0.4) is 0 Å². The second kappa shape index (κ2) is 5.62. The molecule has 0 aliphatic rings. The molecule has 3 heteroatoms. The molecule has 3 rings (SSSR count). The van der Waals surface area contributed by atoms with Gasteiger partial charge in [-0.1, -0.05) is 29.3 Å². The molecule has 1 heterocycles. The van der Waals surface area contributed by atoms with Crippen molar-refractivity contribution in [1.82, 2.24) is 4.98 Å². The first-order chi connectivity index (χ1) is 10.4. The van der Waals surface area contributed by atoms with E-state index in [-0.39, 0.29) is 0 Å². The highest BCUT2D eigenvalue weighted by Crippen LogP contribution is 2.27. The normalized spacial score (nSPS) is 11.0. The lowest BCUT2D eigenvalue weighted by atomic mass is 10.0. The molecular weight excluding hydrogens is 292 g/mol. The van der Waals surface area contributed by atoms with Crippen molar-refractivity contribution in [3.05, 3.63) is 63.7 Å². The number of aryl methyl sites for hydroxylation is 4. The fourth-order valence-electron chi connectivity index (χ4n) is 2.73. The van der Waals surface area contributed by atoms with Crippen molar-refractivity contribution in [3.63, 3.8) is 0 Å². The summed E-state index contributed by atoms with van der Waals surface area (Å²) >= 11 is 6.19. The van der Waals surface area contributed by atoms with Crippen molar-refractivity contribution in [2.24, 2.45) is 0 Å². The van der Waals surface area contributed by atoms with Crippen LogP contribution in [0.1, 0.15) is 22.3 Å². The Balaban J connectivity index is 2.06. The Hall–Kier alpha value is -2.06. The van der Waals surface area contributed by atoms with Gasteiger partial charge in [-0.15, -0.1) is 0 Å².